The van der Waals surface area contributed by atoms with Gasteiger partial charge in [0.2, 0.25) is 0 Å². The molecular weight excluding hydrogens is 186 g/mol. The van der Waals surface area contributed by atoms with Gasteiger partial charge >= 0.3 is 0 Å². The maximum absolute atomic E-state index is 8.99. The first-order valence-electron chi connectivity index (χ1n) is 3.91. The molecular formula is C8H9N3OS. The third-order valence-corrected chi connectivity index (χ3v) is 2.46. The fourth-order valence-corrected chi connectivity index (χ4v) is 1.66. The zero-order valence-corrected chi connectivity index (χ0v) is 7.74. The van der Waals surface area contributed by atoms with Gasteiger partial charge in [-0.15, -0.1) is 5.10 Å². The molecule has 5 heteroatoms. The van der Waals surface area contributed by atoms with Gasteiger partial charge in [-0.05, 0) is 23.7 Å². The van der Waals surface area contributed by atoms with Crippen LogP contribution >= 0.6 is 11.5 Å². The highest BCUT2D eigenvalue weighted by molar-refractivity contribution is 7.05. The largest absolute Gasteiger partial charge is 0.390 e. The number of aliphatic hydroxyl groups excluding tert-OH is 1. The second-order valence-electron chi connectivity index (χ2n) is 2.67. The van der Waals surface area contributed by atoms with Gasteiger partial charge in [-0.1, -0.05) is 4.49 Å². The van der Waals surface area contributed by atoms with E-state index in [1.54, 1.807) is 6.20 Å². The van der Waals surface area contributed by atoms with Crippen molar-refractivity contribution in [2.24, 2.45) is 0 Å². The van der Waals surface area contributed by atoms with Crippen LogP contribution < -0.4 is 0 Å². The van der Waals surface area contributed by atoms with E-state index in [4.69, 9.17) is 5.11 Å². The molecule has 1 N–H and O–H groups in total. The Bertz CT molecular complexity index is 368. The van der Waals surface area contributed by atoms with Gasteiger partial charge in [0.25, 0.3) is 0 Å². The Morgan fingerprint density at radius 2 is 2.46 bits per heavy atom. The summed E-state index contributed by atoms with van der Waals surface area (Å²) in [6.07, 6.45) is 3.68. The van der Waals surface area contributed by atoms with Gasteiger partial charge in [-0.25, -0.2) is 0 Å². The molecule has 2 heterocycles. The number of aliphatic hydroxyl groups is 1. The van der Waals surface area contributed by atoms with E-state index in [-0.39, 0.29) is 6.61 Å². The average Bonchev–Trinajstić information content (AvgIpc) is 2.76. The fraction of sp³-hybridized carbons (Fsp3) is 0.250. The van der Waals surface area contributed by atoms with Gasteiger partial charge < -0.3 is 9.67 Å². The Morgan fingerprint density at radius 3 is 3.15 bits per heavy atom. The van der Waals surface area contributed by atoms with Crippen LogP contribution in [-0.4, -0.2) is 19.3 Å². The Hall–Kier alpha value is -1.20. The van der Waals surface area contributed by atoms with Crippen molar-refractivity contribution >= 4 is 11.5 Å². The molecule has 2 aromatic heterocycles. The summed E-state index contributed by atoms with van der Waals surface area (Å²) in [5.74, 6) is 0. The second-order valence-corrected chi connectivity index (χ2v) is 3.54. The summed E-state index contributed by atoms with van der Waals surface area (Å²) in [7, 11) is 0. The van der Waals surface area contributed by atoms with Gasteiger partial charge in [0, 0.05) is 11.9 Å². The average molecular weight is 195 g/mol. The van der Waals surface area contributed by atoms with E-state index in [9.17, 15) is 0 Å². The minimum atomic E-state index is 0.0687. The molecule has 68 valence electrons. The number of rotatable bonds is 3. The SMILES string of the molecule is OCc1cccn1Cc1cnns1. The van der Waals surface area contributed by atoms with E-state index in [0.29, 0.717) is 0 Å². The van der Waals surface area contributed by atoms with Crippen molar-refractivity contribution in [3.05, 3.63) is 35.1 Å². The molecule has 0 aliphatic heterocycles. The Morgan fingerprint density at radius 1 is 1.54 bits per heavy atom. The zero-order chi connectivity index (χ0) is 9.10. The predicted molar refractivity (Wildman–Crippen MR) is 49.4 cm³/mol. The van der Waals surface area contributed by atoms with E-state index < -0.39 is 0 Å². The molecule has 2 aromatic rings. The Kier molecular flexibility index (Phi) is 2.37. The standard InChI is InChI=1S/C8H9N3OS/c12-6-7-2-1-3-11(7)5-8-4-9-10-13-8/h1-4,12H,5-6H2. The van der Waals surface area contributed by atoms with E-state index in [1.165, 1.54) is 11.5 Å². The minimum Gasteiger partial charge on any atom is -0.390 e. The highest BCUT2D eigenvalue weighted by Crippen LogP contribution is 2.09. The third-order valence-electron chi connectivity index (χ3n) is 1.82. The molecule has 4 nitrogen and oxygen atoms in total. The van der Waals surface area contributed by atoms with Gasteiger partial charge in [-0.3, -0.25) is 0 Å². The summed E-state index contributed by atoms with van der Waals surface area (Å²) in [4.78, 5) is 1.09. The van der Waals surface area contributed by atoms with Crippen molar-refractivity contribution in [1.82, 2.24) is 14.2 Å². The predicted octanol–water partition coefficient (Wildman–Crippen LogP) is 0.880. The van der Waals surface area contributed by atoms with Crippen LogP contribution in [0.25, 0.3) is 0 Å². The van der Waals surface area contributed by atoms with E-state index in [0.717, 1.165) is 17.1 Å². The summed E-state index contributed by atoms with van der Waals surface area (Å²) in [5.41, 5.74) is 0.911. The van der Waals surface area contributed by atoms with Gasteiger partial charge in [0.15, 0.2) is 0 Å². The molecule has 0 radical (unpaired) electrons. The van der Waals surface area contributed by atoms with Crippen molar-refractivity contribution < 1.29 is 5.11 Å². The molecule has 0 atom stereocenters. The topological polar surface area (TPSA) is 50.9 Å². The number of hydrogen-bond donors (Lipinski definition) is 1. The van der Waals surface area contributed by atoms with Crippen LogP contribution in [-0.2, 0) is 13.2 Å². The van der Waals surface area contributed by atoms with Crippen LogP contribution in [0.5, 0.6) is 0 Å². The molecule has 0 amide bonds. The normalized spacial score (nSPS) is 10.5. The van der Waals surface area contributed by atoms with Crippen LogP contribution in [0.2, 0.25) is 0 Å². The monoisotopic (exact) mass is 195 g/mol. The Balaban J connectivity index is 2.18. The van der Waals surface area contributed by atoms with Gasteiger partial charge in [-0.2, -0.15) is 0 Å². The van der Waals surface area contributed by atoms with Crippen molar-refractivity contribution in [3.8, 4) is 0 Å². The second kappa shape index (κ2) is 3.68. The lowest BCUT2D eigenvalue weighted by Crippen LogP contribution is -2.01. The Labute approximate surface area is 79.6 Å². The van der Waals surface area contributed by atoms with Crippen molar-refractivity contribution in [1.29, 1.82) is 0 Å². The van der Waals surface area contributed by atoms with Gasteiger partial charge in [0.05, 0.1) is 24.2 Å². The van der Waals surface area contributed by atoms with E-state index in [2.05, 4.69) is 9.59 Å². The lowest BCUT2D eigenvalue weighted by atomic mass is 10.4. The minimum absolute atomic E-state index is 0.0687. The number of hydrogen-bond acceptors (Lipinski definition) is 4. The summed E-state index contributed by atoms with van der Waals surface area (Å²) in [6.45, 7) is 0.805. The molecule has 0 bridgehead atoms. The molecule has 0 unspecified atom stereocenters. The highest BCUT2D eigenvalue weighted by atomic mass is 32.1. The highest BCUT2D eigenvalue weighted by Gasteiger charge is 2.01. The smallest absolute Gasteiger partial charge is 0.0832 e. The molecule has 0 fully saturated rings. The molecule has 0 saturated heterocycles. The number of aromatic nitrogens is 3. The first-order valence-corrected chi connectivity index (χ1v) is 4.68. The molecule has 0 aromatic carbocycles. The molecule has 0 spiro atoms. The maximum atomic E-state index is 8.99. The number of nitrogens with zero attached hydrogens (tertiary/aromatic N) is 3. The van der Waals surface area contributed by atoms with Crippen LogP contribution in [0.4, 0.5) is 0 Å². The van der Waals surface area contributed by atoms with Crippen molar-refractivity contribution in [2.75, 3.05) is 0 Å². The quantitative estimate of drug-likeness (QED) is 0.791. The van der Waals surface area contributed by atoms with Crippen molar-refractivity contribution in [3.63, 3.8) is 0 Å². The first-order chi connectivity index (χ1) is 6.40. The lowest BCUT2D eigenvalue weighted by molar-refractivity contribution is 0.271. The summed E-state index contributed by atoms with van der Waals surface area (Å²) in [5, 5.41) is 12.7. The summed E-state index contributed by atoms with van der Waals surface area (Å²) >= 11 is 1.38. The van der Waals surface area contributed by atoms with E-state index in [1.807, 2.05) is 22.9 Å². The molecule has 0 aliphatic rings. The van der Waals surface area contributed by atoms with Crippen molar-refractivity contribution in [2.45, 2.75) is 13.2 Å². The summed E-state index contributed by atoms with van der Waals surface area (Å²) < 4.78 is 5.76. The molecule has 13 heavy (non-hydrogen) atoms. The lowest BCUT2D eigenvalue weighted by Gasteiger charge is -2.03. The van der Waals surface area contributed by atoms with Crippen LogP contribution in [0.1, 0.15) is 10.6 Å². The third kappa shape index (κ3) is 1.76. The van der Waals surface area contributed by atoms with Crippen LogP contribution in [0.15, 0.2) is 24.5 Å². The van der Waals surface area contributed by atoms with Crippen LogP contribution in [0, 0.1) is 0 Å². The maximum Gasteiger partial charge on any atom is 0.0832 e. The van der Waals surface area contributed by atoms with E-state index >= 15 is 0 Å². The van der Waals surface area contributed by atoms with Crippen LogP contribution in [0.3, 0.4) is 0 Å². The van der Waals surface area contributed by atoms with Gasteiger partial charge in [0.1, 0.15) is 0 Å². The fourth-order valence-electron chi connectivity index (χ4n) is 1.17. The molecule has 2 rings (SSSR count). The zero-order valence-electron chi connectivity index (χ0n) is 6.92. The molecule has 0 aliphatic carbocycles. The first kappa shape index (κ1) is 8.40. The summed E-state index contributed by atoms with van der Waals surface area (Å²) in [6, 6.07) is 3.81. The molecule has 0 saturated carbocycles.